The molecule has 0 radical (unpaired) electrons. The molecule has 0 saturated heterocycles. The first kappa shape index (κ1) is 20.0. The highest BCUT2D eigenvalue weighted by molar-refractivity contribution is 7.89. The zero-order chi connectivity index (χ0) is 19.0. The van der Waals surface area contributed by atoms with Gasteiger partial charge in [-0.3, -0.25) is 0 Å². The standard InChI is InChI=1S/C18H27N5O2S/c1-4-19-18(20-11-14-23-12-5-6-13-23)21-15-16-7-9-17(10-8-16)26(24,25)22(2)3/h5-10,12-13H,4,11,14-15H2,1-3H3,(H2,19,20,21). The van der Waals surface area contributed by atoms with Crippen molar-refractivity contribution in [3.63, 3.8) is 0 Å². The van der Waals surface area contributed by atoms with E-state index in [4.69, 9.17) is 0 Å². The van der Waals surface area contributed by atoms with Gasteiger partial charge >= 0.3 is 0 Å². The van der Waals surface area contributed by atoms with Crippen LogP contribution in [-0.2, 0) is 23.1 Å². The van der Waals surface area contributed by atoms with Gasteiger partial charge in [0.05, 0.1) is 11.4 Å². The van der Waals surface area contributed by atoms with Crippen LogP contribution in [0.1, 0.15) is 12.5 Å². The molecule has 0 bridgehead atoms. The molecule has 1 heterocycles. The zero-order valence-electron chi connectivity index (χ0n) is 15.5. The first-order chi connectivity index (χ1) is 12.4. The van der Waals surface area contributed by atoms with Gasteiger partial charge in [0.25, 0.3) is 0 Å². The Balaban J connectivity index is 1.95. The molecule has 0 unspecified atom stereocenters. The summed E-state index contributed by atoms with van der Waals surface area (Å²) in [4.78, 5) is 4.84. The predicted octanol–water partition coefficient (Wildman–Crippen LogP) is 1.49. The molecule has 0 aliphatic carbocycles. The number of nitrogens with zero attached hydrogens (tertiary/aromatic N) is 3. The van der Waals surface area contributed by atoms with Gasteiger partial charge in [-0.2, -0.15) is 0 Å². The quantitative estimate of drug-likeness (QED) is 0.540. The molecule has 2 aromatic rings. The smallest absolute Gasteiger partial charge is 0.242 e. The van der Waals surface area contributed by atoms with Crippen LogP contribution in [0.2, 0.25) is 0 Å². The largest absolute Gasteiger partial charge is 0.357 e. The number of guanidine groups is 1. The molecule has 8 heteroatoms. The molecule has 0 fully saturated rings. The fraction of sp³-hybridized carbons (Fsp3) is 0.389. The van der Waals surface area contributed by atoms with Gasteiger partial charge in [-0.15, -0.1) is 0 Å². The SMILES string of the molecule is CCNC(=NCc1ccc(S(=O)(=O)N(C)C)cc1)NCCn1cccc1. The van der Waals surface area contributed by atoms with Crippen molar-refractivity contribution in [1.29, 1.82) is 0 Å². The van der Waals surface area contributed by atoms with Crippen molar-refractivity contribution in [2.24, 2.45) is 4.99 Å². The van der Waals surface area contributed by atoms with E-state index in [1.807, 2.05) is 31.5 Å². The fourth-order valence-electron chi connectivity index (χ4n) is 2.31. The summed E-state index contributed by atoms with van der Waals surface area (Å²) < 4.78 is 27.5. The number of sulfonamides is 1. The van der Waals surface area contributed by atoms with E-state index in [0.717, 1.165) is 31.2 Å². The highest BCUT2D eigenvalue weighted by Gasteiger charge is 2.16. The van der Waals surface area contributed by atoms with E-state index in [9.17, 15) is 8.42 Å². The molecule has 142 valence electrons. The minimum Gasteiger partial charge on any atom is -0.357 e. The van der Waals surface area contributed by atoms with Gasteiger partial charge in [0.15, 0.2) is 5.96 Å². The summed E-state index contributed by atoms with van der Waals surface area (Å²) in [5, 5.41) is 6.51. The molecule has 7 nitrogen and oxygen atoms in total. The van der Waals surface area contributed by atoms with E-state index in [2.05, 4.69) is 20.2 Å². The van der Waals surface area contributed by atoms with Crippen LogP contribution >= 0.6 is 0 Å². The van der Waals surface area contributed by atoms with Gasteiger partial charge in [0, 0.05) is 46.1 Å². The van der Waals surface area contributed by atoms with Crippen LogP contribution in [0, 0.1) is 0 Å². The molecule has 26 heavy (non-hydrogen) atoms. The van der Waals surface area contributed by atoms with E-state index in [-0.39, 0.29) is 4.90 Å². The summed E-state index contributed by atoms with van der Waals surface area (Å²) in [5.74, 6) is 0.740. The second kappa shape index (κ2) is 9.40. The molecule has 2 rings (SSSR count). The van der Waals surface area contributed by atoms with Crippen molar-refractivity contribution >= 4 is 16.0 Å². The Morgan fingerprint density at radius 2 is 1.77 bits per heavy atom. The summed E-state index contributed by atoms with van der Waals surface area (Å²) in [6, 6.07) is 10.8. The highest BCUT2D eigenvalue weighted by atomic mass is 32.2. The second-order valence-corrected chi connectivity index (χ2v) is 8.13. The Kier molecular flexibility index (Phi) is 7.23. The highest BCUT2D eigenvalue weighted by Crippen LogP contribution is 2.14. The Hall–Kier alpha value is -2.32. The minimum atomic E-state index is -3.40. The summed E-state index contributed by atoms with van der Waals surface area (Å²) in [7, 11) is -0.350. The van der Waals surface area contributed by atoms with Gasteiger partial charge in [-0.05, 0) is 36.8 Å². The fourth-order valence-corrected chi connectivity index (χ4v) is 3.21. The molecule has 0 saturated carbocycles. The van der Waals surface area contributed by atoms with Crippen LogP contribution < -0.4 is 10.6 Å². The summed E-state index contributed by atoms with van der Waals surface area (Å²) >= 11 is 0. The Labute approximate surface area is 155 Å². The number of benzene rings is 1. The summed E-state index contributed by atoms with van der Waals surface area (Å²) in [6.45, 7) is 4.88. The van der Waals surface area contributed by atoms with Gasteiger partial charge in [0.2, 0.25) is 10.0 Å². The maximum Gasteiger partial charge on any atom is 0.242 e. The van der Waals surface area contributed by atoms with Gasteiger partial charge < -0.3 is 15.2 Å². The van der Waals surface area contributed by atoms with Crippen molar-refractivity contribution in [2.45, 2.75) is 24.9 Å². The minimum absolute atomic E-state index is 0.284. The number of rotatable bonds is 8. The lowest BCUT2D eigenvalue weighted by molar-refractivity contribution is 0.520. The average Bonchev–Trinajstić information content (AvgIpc) is 3.13. The Bertz CT molecular complexity index is 797. The average molecular weight is 378 g/mol. The third-order valence-corrected chi connectivity index (χ3v) is 5.62. The lowest BCUT2D eigenvalue weighted by atomic mass is 10.2. The summed E-state index contributed by atoms with van der Waals surface area (Å²) in [6.07, 6.45) is 4.05. The van der Waals surface area contributed by atoms with Crippen molar-refractivity contribution < 1.29 is 8.42 Å². The molecular weight excluding hydrogens is 350 g/mol. The Morgan fingerprint density at radius 1 is 1.12 bits per heavy atom. The predicted molar refractivity (Wildman–Crippen MR) is 105 cm³/mol. The number of nitrogens with one attached hydrogen (secondary N) is 2. The van der Waals surface area contributed by atoms with Gasteiger partial charge in [-0.25, -0.2) is 17.7 Å². The number of aliphatic imine (C=N–C) groups is 1. The molecular formula is C18H27N5O2S. The molecule has 1 aromatic heterocycles. The topological polar surface area (TPSA) is 78.7 Å². The lowest BCUT2D eigenvalue weighted by Crippen LogP contribution is -2.38. The van der Waals surface area contributed by atoms with E-state index in [1.54, 1.807) is 24.3 Å². The van der Waals surface area contributed by atoms with Crippen LogP contribution in [0.25, 0.3) is 0 Å². The first-order valence-electron chi connectivity index (χ1n) is 8.58. The molecule has 0 spiro atoms. The third-order valence-electron chi connectivity index (χ3n) is 3.79. The normalized spacial score (nSPS) is 12.4. The van der Waals surface area contributed by atoms with E-state index < -0.39 is 10.0 Å². The van der Waals surface area contributed by atoms with E-state index >= 15 is 0 Å². The van der Waals surface area contributed by atoms with Crippen LogP contribution in [0.4, 0.5) is 0 Å². The maximum atomic E-state index is 12.1. The number of aromatic nitrogens is 1. The van der Waals surface area contributed by atoms with Crippen LogP contribution in [-0.4, -0.2) is 50.4 Å². The van der Waals surface area contributed by atoms with Crippen molar-refractivity contribution in [3.8, 4) is 0 Å². The monoisotopic (exact) mass is 377 g/mol. The van der Waals surface area contributed by atoms with Crippen molar-refractivity contribution in [1.82, 2.24) is 19.5 Å². The molecule has 0 atom stereocenters. The Morgan fingerprint density at radius 3 is 2.35 bits per heavy atom. The first-order valence-corrected chi connectivity index (χ1v) is 10.0. The van der Waals surface area contributed by atoms with E-state index in [1.165, 1.54) is 18.4 Å². The molecule has 0 aliphatic heterocycles. The second-order valence-electron chi connectivity index (χ2n) is 5.97. The van der Waals surface area contributed by atoms with Crippen LogP contribution in [0.5, 0.6) is 0 Å². The van der Waals surface area contributed by atoms with Gasteiger partial charge in [-0.1, -0.05) is 12.1 Å². The molecule has 1 aromatic carbocycles. The molecule has 0 amide bonds. The molecule has 2 N–H and O–H groups in total. The third kappa shape index (κ3) is 5.60. The van der Waals surface area contributed by atoms with Crippen molar-refractivity contribution in [2.75, 3.05) is 27.2 Å². The number of hydrogen-bond donors (Lipinski definition) is 2. The lowest BCUT2D eigenvalue weighted by Gasteiger charge is -2.12. The van der Waals surface area contributed by atoms with Crippen molar-refractivity contribution in [3.05, 3.63) is 54.4 Å². The molecule has 0 aliphatic rings. The summed E-state index contributed by atoms with van der Waals surface area (Å²) in [5.41, 5.74) is 0.949. The maximum absolute atomic E-state index is 12.1. The van der Waals surface area contributed by atoms with Gasteiger partial charge in [0.1, 0.15) is 0 Å². The van der Waals surface area contributed by atoms with Crippen LogP contribution in [0.15, 0.2) is 58.7 Å². The zero-order valence-corrected chi connectivity index (χ0v) is 16.3. The van der Waals surface area contributed by atoms with E-state index in [0.29, 0.717) is 6.54 Å². The van der Waals surface area contributed by atoms with Crippen LogP contribution in [0.3, 0.4) is 0 Å². The number of hydrogen-bond acceptors (Lipinski definition) is 3.